The van der Waals surface area contributed by atoms with Crippen molar-refractivity contribution in [3.05, 3.63) is 31.1 Å². The number of carbonyl (C=O) groups is 2. The van der Waals surface area contributed by atoms with Gasteiger partial charge < -0.3 is 10.4 Å². The summed E-state index contributed by atoms with van der Waals surface area (Å²) in [5, 5.41) is 15.2. The van der Waals surface area contributed by atoms with Crippen LogP contribution < -0.4 is 5.32 Å². The van der Waals surface area contributed by atoms with Gasteiger partial charge in [0.2, 0.25) is 5.91 Å². The Morgan fingerprint density at radius 2 is 2.35 bits per heavy atom. The number of hydrogen-bond acceptors (Lipinski definition) is 3. The van der Waals surface area contributed by atoms with Crippen LogP contribution in [0, 0.1) is 0 Å². The fourth-order valence-corrected chi connectivity index (χ4v) is 1.31. The second-order valence-corrected chi connectivity index (χ2v) is 3.59. The molecule has 0 saturated carbocycles. The Kier molecular flexibility index (Phi) is 4.45. The van der Waals surface area contributed by atoms with Gasteiger partial charge >= 0.3 is 5.97 Å². The molecule has 0 bridgehead atoms. The number of nitrogens with one attached hydrogen (secondary N) is 1. The molecule has 2 unspecified atom stereocenters. The topological polar surface area (TPSA) is 84.2 Å². The Bertz CT molecular complexity index is 400. The van der Waals surface area contributed by atoms with Crippen molar-refractivity contribution < 1.29 is 14.7 Å². The van der Waals surface area contributed by atoms with Crippen LogP contribution in [0.1, 0.15) is 19.4 Å². The fourth-order valence-electron chi connectivity index (χ4n) is 1.31. The van der Waals surface area contributed by atoms with Crippen molar-refractivity contribution in [3.63, 3.8) is 0 Å². The van der Waals surface area contributed by atoms with Crippen LogP contribution in [0.15, 0.2) is 31.1 Å². The number of carboxylic acid groups (broad SMARTS) is 1. The van der Waals surface area contributed by atoms with Crippen LogP contribution in [0.25, 0.3) is 0 Å². The van der Waals surface area contributed by atoms with Crippen LogP contribution in [-0.2, 0) is 9.59 Å². The van der Waals surface area contributed by atoms with Gasteiger partial charge in [0.15, 0.2) is 0 Å². The van der Waals surface area contributed by atoms with Crippen molar-refractivity contribution in [2.75, 3.05) is 0 Å². The lowest BCUT2D eigenvalue weighted by molar-refractivity contribution is -0.142. The van der Waals surface area contributed by atoms with Gasteiger partial charge in [-0.15, -0.1) is 6.58 Å². The van der Waals surface area contributed by atoms with Gasteiger partial charge in [-0.2, -0.15) is 5.10 Å². The van der Waals surface area contributed by atoms with E-state index in [0.717, 1.165) is 0 Å². The minimum absolute atomic E-state index is 0.187. The molecule has 0 aromatic carbocycles. The minimum Gasteiger partial charge on any atom is -0.480 e. The summed E-state index contributed by atoms with van der Waals surface area (Å²) < 4.78 is 1.46. The average molecular weight is 237 g/mol. The molecule has 6 heteroatoms. The molecular weight excluding hydrogens is 222 g/mol. The van der Waals surface area contributed by atoms with Crippen LogP contribution >= 0.6 is 0 Å². The van der Waals surface area contributed by atoms with Crippen molar-refractivity contribution >= 4 is 11.9 Å². The second kappa shape index (κ2) is 5.83. The molecule has 0 spiro atoms. The Morgan fingerprint density at radius 3 is 2.82 bits per heavy atom. The normalized spacial score (nSPS) is 13.7. The van der Waals surface area contributed by atoms with Crippen LogP contribution in [0.4, 0.5) is 0 Å². The lowest BCUT2D eigenvalue weighted by atomic mass is 10.2. The summed E-state index contributed by atoms with van der Waals surface area (Å²) in [6.07, 6.45) is 4.85. The first-order valence-electron chi connectivity index (χ1n) is 5.19. The maximum Gasteiger partial charge on any atom is 0.326 e. The van der Waals surface area contributed by atoms with Crippen molar-refractivity contribution in [3.8, 4) is 0 Å². The van der Waals surface area contributed by atoms with E-state index in [1.54, 1.807) is 25.4 Å². The highest BCUT2D eigenvalue weighted by Gasteiger charge is 2.22. The summed E-state index contributed by atoms with van der Waals surface area (Å²) in [6, 6.07) is 0.206. The summed E-state index contributed by atoms with van der Waals surface area (Å²) >= 11 is 0. The van der Waals surface area contributed by atoms with Gasteiger partial charge in [-0.1, -0.05) is 6.08 Å². The van der Waals surface area contributed by atoms with E-state index in [4.69, 9.17) is 5.11 Å². The molecule has 1 rings (SSSR count). The molecule has 0 aliphatic heterocycles. The molecule has 17 heavy (non-hydrogen) atoms. The first kappa shape index (κ1) is 13.0. The molecule has 1 aromatic rings. The number of carboxylic acids is 1. The van der Waals surface area contributed by atoms with E-state index in [2.05, 4.69) is 17.0 Å². The predicted molar refractivity (Wildman–Crippen MR) is 61.3 cm³/mol. The monoisotopic (exact) mass is 237 g/mol. The highest BCUT2D eigenvalue weighted by Crippen LogP contribution is 2.04. The predicted octanol–water partition coefficient (Wildman–Crippen LogP) is 0.590. The third-order valence-corrected chi connectivity index (χ3v) is 2.32. The number of carbonyl (C=O) groups excluding carboxylic acids is 1. The maximum atomic E-state index is 11.8. The summed E-state index contributed by atoms with van der Waals surface area (Å²) in [5.41, 5.74) is 0. The van der Waals surface area contributed by atoms with Gasteiger partial charge in [0.25, 0.3) is 0 Å². The molecule has 1 heterocycles. The average Bonchev–Trinajstić information content (AvgIpc) is 2.80. The molecule has 0 saturated heterocycles. The standard InChI is InChI=1S/C11H15N3O3/c1-3-5-9(11(16)17)13-10(15)8(2)14-7-4-6-12-14/h3-4,6-9H,1,5H2,2H3,(H,13,15)(H,16,17). The largest absolute Gasteiger partial charge is 0.480 e. The number of amides is 1. The lowest BCUT2D eigenvalue weighted by Crippen LogP contribution is -2.43. The van der Waals surface area contributed by atoms with E-state index in [-0.39, 0.29) is 12.3 Å². The van der Waals surface area contributed by atoms with Crippen LogP contribution in [0.2, 0.25) is 0 Å². The zero-order valence-corrected chi connectivity index (χ0v) is 9.54. The van der Waals surface area contributed by atoms with Gasteiger partial charge in [-0.25, -0.2) is 4.79 Å². The third-order valence-electron chi connectivity index (χ3n) is 2.32. The Labute approximate surface area is 98.9 Å². The van der Waals surface area contributed by atoms with Gasteiger partial charge in [-0.05, 0) is 19.4 Å². The van der Waals surface area contributed by atoms with Gasteiger partial charge in [-0.3, -0.25) is 9.48 Å². The fraction of sp³-hybridized carbons (Fsp3) is 0.364. The highest BCUT2D eigenvalue weighted by atomic mass is 16.4. The molecule has 0 aliphatic rings. The van der Waals surface area contributed by atoms with E-state index >= 15 is 0 Å². The van der Waals surface area contributed by atoms with Crippen LogP contribution in [-0.4, -0.2) is 32.8 Å². The number of hydrogen-bond donors (Lipinski definition) is 2. The Morgan fingerprint density at radius 1 is 1.65 bits per heavy atom. The number of aromatic nitrogens is 2. The summed E-state index contributed by atoms with van der Waals surface area (Å²) in [6.45, 7) is 5.10. The summed E-state index contributed by atoms with van der Waals surface area (Å²) in [5.74, 6) is -1.46. The van der Waals surface area contributed by atoms with E-state index in [1.807, 2.05) is 0 Å². The maximum absolute atomic E-state index is 11.8. The van der Waals surface area contributed by atoms with E-state index in [9.17, 15) is 9.59 Å². The SMILES string of the molecule is C=CCC(NC(=O)C(C)n1cccn1)C(=O)O. The smallest absolute Gasteiger partial charge is 0.326 e. The molecule has 0 fully saturated rings. The quantitative estimate of drug-likeness (QED) is 0.709. The van der Waals surface area contributed by atoms with E-state index in [0.29, 0.717) is 0 Å². The number of aliphatic carboxylic acids is 1. The minimum atomic E-state index is -1.08. The molecule has 92 valence electrons. The molecule has 2 N–H and O–H groups in total. The summed E-state index contributed by atoms with van der Waals surface area (Å²) in [4.78, 5) is 22.6. The highest BCUT2D eigenvalue weighted by molar-refractivity contribution is 5.85. The molecule has 2 atom stereocenters. The second-order valence-electron chi connectivity index (χ2n) is 3.59. The molecule has 0 aliphatic carbocycles. The first-order valence-corrected chi connectivity index (χ1v) is 5.19. The van der Waals surface area contributed by atoms with E-state index < -0.39 is 18.1 Å². The number of rotatable bonds is 6. The van der Waals surface area contributed by atoms with Crippen molar-refractivity contribution in [2.24, 2.45) is 0 Å². The van der Waals surface area contributed by atoms with Crippen molar-refractivity contribution in [1.29, 1.82) is 0 Å². The first-order chi connectivity index (χ1) is 8.06. The van der Waals surface area contributed by atoms with Crippen LogP contribution in [0.3, 0.4) is 0 Å². The van der Waals surface area contributed by atoms with Crippen molar-refractivity contribution in [1.82, 2.24) is 15.1 Å². The molecule has 1 aromatic heterocycles. The molecular formula is C11H15N3O3. The Hall–Kier alpha value is -2.11. The molecule has 1 amide bonds. The van der Waals surface area contributed by atoms with Crippen LogP contribution in [0.5, 0.6) is 0 Å². The van der Waals surface area contributed by atoms with E-state index in [1.165, 1.54) is 10.8 Å². The lowest BCUT2D eigenvalue weighted by Gasteiger charge is -2.16. The zero-order chi connectivity index (χ0) is 12.8. The summed E-state index contributed by atoms with van der Waals surface area (Å²) in [7, 11) is 0. The molecule has 0 radical (unpaired) electrons. The zero-order valence-electron chi connectivity index (χ0n) is 9.54. The van der Waals surface area contributed by atoms with Crippen molar-refractivity contribution in [2.45, 2.75) is 25.4 Å². The van der Waals surface area contributed by atoms with Gasteiger partial charge in [0.1, 0.15) is 12.1 Å². The van der Waals surface area contributed by atoms with Gasteiger partial charge in [0.05, 0.1) is 0 Å². The molecule has 6 nitrogen and oxygen atoms in total. The third kappa shape index (κ3) is 3.44. The number of nitrogens with zero attached hydrogens (tertiary/aromatic N) is 2. The van der Waals surface area contributed by atoms with Gasteiger partial charge in [0, 0.05) is 12.4 Å². The Balaban J connectivity index is 2.64.